The van der Waals surface area contributed by atoms with E-state index in [9.17, 15) is 9.18 Å². The number of thiophene rings is 1. The molecule has 1 heterocycles. The van der Waals surface area contributed by atoms with Crippen LogP contribution in [0.2, 0.25) is 0 Å². The third kappa shape index (κ3) is 4.00. The molecule has 4 nitrogen and oxygen atoms in total. The first-order valence-corrected chi connectivity index (χ1v) is 9.90. The lowest BCUT2D eigenvalue weighted by atomic mass is 10.1. The highest BCUT2D eigenvalue weighted by Crippen LogP contribution is 2.34. The molecule has 0 saturated heterocycles. The van der Waals surface area contributed by atoms with Gasteiger partial charge in [-0.25, -0.2) is 4.39 Å². The Morgan fingerprint density at radius 2 is 2.07 bits per heavy atom. The summed E-state index contributed by atoms with van der Waals surface area (Å²) in [5.74, 6) is 0.128. The number of carbonyl (C=O) groups is 1. The van der Waals surface area contributed by atoms with Gasteiger partial charge in [-0.2, -0.15) is 0 Å². The minimum absolute atomic E-state index is 0.173. The molecule has 3 aromatic rings. The van der Waals surface area contributed by atoms with E-state index >= 15 is 0 Å². The summed E-state index contributed by atoms with van der Waals surface area (Å²) in [6, 6.07) is 10.3. The Hall–Kier alpha value is -1.96. The van der Waals surface area contributed by atoms with Crippen LogP contribution in [-0.2, 0) is 11.3 Å². The summed E-state index contributed by atoms with van der Waals surface area (Å²) in [6.07, 6.45) is 0. The third-order valence-corrected chi connectivity index (χ3v) is 6.10. The summed E-state index contributed by atoms with van der Waals surface area (Å²) in [5.41, 5.74) is 1.51. The van der Waals surface area contributed by atoms with Crippen molar-refractivity contribution in [3.05, 3.63) is 62.7 Å². The standard InChI is InChI=1S/C20H19BrFNO3S/c1-11(12-7-8-16(26-3)14(21)9-12)23-20(24)19-13(10-25-2)18-15(22)5-4-6-17(18)27-19/h4-9,11H,10H2,1-3H3,(H,23,24). The Balaban J connectivity index is 1.90. The quantitative estimate of drug-likeness (QED) is 0.541. The van der Waals surface area contributed by atoms with Crippen LogP contribution < -0.4 is 10.1 Å². The molecule has 27 heavy (non-hydrogen) atoms. The van der Waals surface area contributed by atoms with Crippen molar-refractivity contribution < 1.29 is 18.7 Å². The number of nitrogens with one attached hydrogen (secondary N) is 1. The highest BCUT2D eigenvalue weighted by atomic mass is 79.9. The fourth-order valence-electron chi connectivity index (χ4n) is 2.93. The van der Waals surface area contributed by atoms with Gasteiger partial charge >= 0.3 is 0 Å². The number of amides is 1. The first-order chi connectivity index (χ1) is 13.0. The SMILES string of the molecule is COCc1c(C(=O)NC(C)c2ccc(OC)c(Br)c2)sc2cccc(F)c12. The van der Waals surface area contributed by atoms with Crippen molar-refractivity contribution in [2.24, 2.45) is 0 Å². The van der Waals surface area contributed by atoms with E-state index in [0.29, 0.717) is 15.8 Å². The average molecular weight is 452 g/mol. The maximum absolute atomic E-state index is 14.3. The van der Waals surface area contributed by atoms with Crippen LogP contribution >= 0.6 is 27.3 Å². The molecule has 1 N–H and O–H groups in total. The molecule has 7 heteroatoms. The minimum Gasteiger partial charge on any atom is -0.496 e. The second-order valence-electron chi connectivity index (χ2n) is 6.04. The van der Waals surface area contributed by atoms with Crippen molar-refractivity contribution >= 4 is 43.3 Å². The van der Waals surface area contributed by atoms with Crippen molar-refractivity contribution in [1.29, 1.82) is 0 Å². The van der Waals surface area contributed by atoms with Crippen molar-refractivity contribution in [3.8, 4) is 5.75 Å². The molecule has 1 aromatic heterocycles. The molecule has 0 aliphatic rings. The number of hydrogen-bond acceptors (Lipinski definition) is 4. The number of carbonyl (C=O) groups excluding carboxylic acids is 1. The topological polar surface area (TPSA) is 47.6 Å². The van der Waals surface area contributed by atoms with E-state index in [4.69, 9.17) is 9.47 Å². The molecule has 0 fully saturated rings. The van der Waals surface area contributed by atoms with Crippen LogP contribution in [0.1, 0.15) is 33.8 Å². The van der Waals surface area contributed by atoms with Gasteiger partial charge in [-0.3, -0.25) is 4.79 Å². The maximum Gasteiger partial charge on any atom is 0.262 e. The second-order valence-corrected chi connectivity index (χ2v) is 7.95. The highest BCUT2D eigenvalue weighted by molar-refractivity contribution is 9.10. The van der Waals surface area contributed by atoms with Crippen molar-refractivity contribution in [1.82, 2.24) is 5.32 Å². The zero-order chi connectivity index (χ0) is 19.6. The Bertz CT molecular complexity index is 989. The number of rotatable bonds is 6. The van der Waals surface area contributed by atoms with Crippen LogP contribution in [0, 0.1) is 5.82 Å². The van der Waals surface area contributed by atoms with E-state index in [0.717, 1.165) is 20.5 Å². The summed E-state index contributed by atoms with van der Waals surface area (Å²) in [5, 5.41) is 3.44. The summed E-state index contributed by atoms with van der Waals surface area (Å²) in [7, 11) is 3.13. The van der Waals surface area contributed by atoms with Gasteiger partial charge in [0.25, 0.3) is 5.91 Å². The molecule has 1 atom stereocenters. The van der Waals surface area contributed by atoms with Gasteiger partial charge in [0, 0.05) is 22.8 Å². The van der Waals surface area contributed by atoms with Gasteiger partial charge in [-0.05, 0) is 52.7 Å². The summed E-state index contributed by atoms with van der Waals surface area (Å²) in [4.78, 5) is 13.4. The van der Waals surface area contributed by atoms with Gasteiger partial charge < -0.3 is 14.8 Å². The van der Waals surface area contributed by atoms with E-state index < -0.39 is 0 Å². The molecule has 142 valence electrons. The van der Waals surface area contributed by atoms with Crippen LogP contribution in [-0.4, -0.2) is 20.1 Å². The maximum atomic E-state index is 14.3. The number of ether oxygens (including phenoxy) is 2. The molecular weight excluding hydrogens is 433 g/mol. The molecule has 2 aromatic carbocycles. The predicted molar refractivity (Wildman–Crippen MR) is 109 cm³/mol. The van der Waals surface area contributed by atoms with Gasteiger partial charge in [0.05, 0.1) is 29.1 Å². The zero-order valence-corrected chi connectivity index (χ0v) is 17.5. The van der Waals surface area contributed by atoms with Gasteiger partial charge in [0.1, 0.15) is 11.6 Å². The number of hydrogen-bond donors (Lipinski definition) is 1. The van der Waals surface area contributed by atoms with Gasteiger partial charge in [-0.15, -0.1) is 11.3 Å². The smallest absolute Gasteiger partial charge is 0.262 e. The number of halogens is 2. The first-order valence-electron chi connectivity index (χ1n) is 8.29. The monoisotopic (exact) mass is 451 g/mol. The van der Waals surface area contributed by atoms with Gasteiger partial charge in [-0.1, -0.05) is 12.1 Å². The van der Waals surface area contributed by atoms with Crippen LogP contribution in [0.3, 0.4) is 0 Å². The van der Waals surface area contributed by atoms with E-state index in [1.54, 1.807) is 13.2 Å². The fraction of sp³-hybridized carbons (Fsp3) is 0.250. The molecule has 1 amide bonds. The highest BCUT2D eigenvalue weighted by Gasteiger charge is 2.22. The molecule has 0 spiro atoms. The fourth-order valence-corrected chi connectivity index (χ4v) is 4.61. The lowest BCUT2D eigenvalue weighted by molar-refractivity contribution is 0.0939. The van der Waals surface area contributed by atoms with E-state index in [-0.39, 0.29) is 24.4 Å². The Kier molecular flexibility index (Phi) is 6.14. The number of benzene rings is 2. The van der Waals surface area contributed by atoms with Gasteiger partial charge in [0.15, 0.2) is 0 Å². The van der Waals surface area contributed by atoms with E-state index in [1.165, 1.54) is 24.5 Å². The van der Waals surface area contributed by atoms with Crippen molar-refractivity contribution in [2.75, 3.05) is 14.2 Å². The molecule has 0 aliphatic carbocycles. The molecule has 0 radical (unpaired) electrons. The van der Waals surface area contributed by atoms with Crippen LogP contribution in [0.4, 0.5) is 4.39 Å². The second kappa shape index (κ2) is 8.37. The lowest BCUT2D eigenvalue weighted by Gasteiger charge is -2.16. The van der Waals surface area contributed by atoms with Gasteiger partial charge in [0.2, 0.25) is 0 Å². The normalized spacial score (nSPS) is 12.2. The van der Waals surface area contributed by atoms with Crippen LogP contribution in [0.15, 0.2) is 40.9 Å². The summed E-state index contributed by atoms with van der Waals surface area (Å²) < 4.78 is 26.3. The van der Waals surface area contributed by atoms with E-state index in [1.807, 2.05) is 31.2 Å². The molecule has 1 unspecified atom stereocenters. The Labute approximate surface area is 169 Å². The Morgan fingerprint density at radius 1 is 1.30 bits per heavy atom. The lowest BCUT2D eigenvalue weighted by Crippen LogP contribution is -2.26. The third-order valence-electron chi connectivity index (χ3n) is 4.28. The molecular formula is C20H19BrFNO3S. The zero-order valence-electron chi connectivity index (χ0n) is 15.1. The molecule has 0 bridgehead atoms. The Morgan fingerprint density at radius 3 is 2.74 bits per heavy atom. The number of methoxy groups -OCH3 is 2. The largest absolute Gasteiger partial charge is 0.496 e. The average Bonchev–Trinajstić information content (AvgIpc) is 3.02. The minimum atomic E-state index is -0.345. The summed E-state index contributed by atoms with van der Waals surface area (Å²) >= 11 is 4.73. The van der Waals surface area contributed by atoms with Crippen molar-refractivity contribution in [2.45, 2.75) is 19.6 Å². The first kappa shape index (κ1) is 19.8. The molecule has 0 aliphatic heterocycles. The van der Waals surface area contributed by atoms with E-state index in [2.05, 4.69) is 21.2 Å². The number of fused-ring (bicyclic) bond motifs is 1. The summed E-state index contributed by atoms with van der Waals surface area (Å²) in [6.45, 7) is 2.07. The molecule has 0 saturated carbocycles. The predicted octanol–water partition coefficient (Wildman–Crippen LogP) is 5.45. The van der Waals surface area contributed by atoms with Crippen LogP contribution in [0.5, 0.6) is 5.75 Å². The molecule has 3 rings (SSSR count). The van der Waals surface area contributed by atoms with Crippen LogP contribution in [0.25, 0.3) is 10.1 Å². The van der Waals surface area contributed by atoms with Crippen molar-refractivity contribution in [3.63, 3.8) is 0 Å².